The lowest BCUT2D eigenvalue weighted by molar-refractivity contribution is -0.137. The van der Waals surface area contributed by atoms with Crippen LogP contribution in [0, 0.1) is 0 Å². The molecule has 0 aliphatic rings. The Kier molecular flexibility index (Phi) is 16.4. The van der Waals surface area contributed by atoms with Gasteiger partial charge in [0, 0.05) is 12.8 Å². The highest BCUT2D eigenvalue weighted by molar-refractivity contribution is 7.61. The number of phosphoric ester groups is 2. The second-order valence-electron chi connectivity index (χ2n) is 5.76. The monoisotopic (exact) mass is 554 g/mol. The molecule has 0 aromatic rings. The summed E-state index contributed by atoms with van der Waals surface area (Å²) in [4.78, 5) is 71.1. The number of carbonyl (C=O) groups is 2. The van der Waals surface area contributed by atoms with Gasteiger partial charge in [0.15, 0.2) is 0 Å². The summed E-state index contributed by atoms with van der Waals surface area (Å²) >= 11 is 0. The van der Waals surface area contributed by atoms with Crippen molar-refractivity contribution in [3.8, 4) is 0 Å². The summed E-state index contributed by atoms with van der Waals surface area (Å²) < 4.78 is 57.7. The molecule has 0 saturated carbocycles. The van der Waals surface area contributed by atoms with Crippen molar-refractivity contribution in [3.63, 3.8) is 0 Å². The lowest BCUT2D eigenvalue weighted by Crippen LogP contribution is -1.98. The predicted molar refractivity (Wildman–Crippen MR) is 104 cm³/mol. The first kappa shape index (κ1) is 33.8. The largest absolute Gasteiger partial charge is 0.481 e. The van der Waals surface area contributed by atoms with Crippen LogP contribution >= 0.6 is 31.3 Å². The first-order valence-electron chi connectivity index (χ1n) is 8.44. The van der Waals surface area contributed by atoms with E-state index in [4.69, 9.17) is 34.5 Å². The molecule has 0 aromatic heterocycles. The van der Waals surface area contributed by atoms with E-state index in [0.29, 0.717) is 19.3 Å². The number of aliphatic carboxylic acids is 1. The van der Waals surface area contributed by atoms with Crippen LogP contribution < -0.4 is 0 Å². The summed E-state index contributed by atoms with van der Waals surface area (Å²) in [6, 6.07) is 0. The molecule has 0 heterocycles. The molecular weight excluding hydrogens is 528 g/mol. The smallest absolute Gasteiger partial charge is 0.481 e. The predicted octanol–water partition coefficient (Wildman–Crippen LogP) is 1.44. The van der Waals surface area contributed by atoms with E-state index in [9.17, 15) is 27.8 Å². The minimum atomic E-state index is -5.09. The number of unbranched alkanes of at least 4 members (excludes halogenated alkanes) is 2. The van der Waals surface area contributed by atoms with Crippen LogP contribution in [0.1, 0.15) is 45.4 Å². The van der Waals surface area contributed by atoms with Crippen LogP contribution in [0.5, 0.6) is 0 Å². The minimum absolute atomic E-state index is 0.0151. The molecule has 7 N–H and O–H groups in total. The Balaban J connectivity index is 0. The fourth-order valence-corrected chi connectivity index (χ4v) is 4.78. The third kappa shape index (κ3) is 27.7. The van der Waals surface area contributed by atoms with Gasteiger partial charge in [0.05, 0.1) is 13.2 Å². The van der Waals surface area contributed by atoms with Gasteiger partial charge in [0.2, 0.25) is 0 Å². The lowest BCUT2D eigenvalue weighted by Gasteiger charge is -2.11. The van der Waals surface area contributed by atoms with Gasteiger partial charge < -0.3 is 39.3 Å². The van der Waals surface area contributed by atoms with Gasteiger partial charge in [-0.05, 0) is 32.6 Å². The van der Waals surface area contributed by atoms with Crippen molar-refractivity contribution in [2.24, 2.45) is 0 Å². The average molecular weight is 554 g/mol. The Bertz CT molecular complexity index is 704. The normalized spacial score (nSPS) is 15.7. The SMILES string of the molecule is CC(=O)CCCCOP(=O)(O)OP(=O)(O)O.O=C(O)CCCCOP(=O)(O)OP(=O)(O)O. The van der Waals surface area contributed by atoms with Crippen molar-refractivity contribution in [2.45, 2.75) is 45.4 Å². The van der Waals surface area contributed by atoms with Crippen LogP contribution in [0.3, 0.4) is 0 Å². The van der Waals surface area contributed by atoms with E-state index in [0.717, 1.165) is 0 Å². The third-order valence-corrected chi connectivity index (χ3v) is 7.01. The highest BCUT2D eigenvalue weighted by Gasteiger charge is 2.32. The molecule has 192 valence electrons. The van der Waals surface area contributed by atoms with E-state index in [1.165, 1.54) is 6.92 Å². The second kappa shape index (κ2) is 15.5. The third-order valence-electron chi connectivity index (χ3n) is 2.64. The zero-order chi connectivity index (χ0) is 25.6. The highest BCUT2D eigenvalue weighted by Crippen LogP contribution is 2.58. The Morgan fingerprint density at radius 1 is 0.656 bits per heavy atom. The van der Waals surface area contributed by atoms with E-state index in [-0.39, 0.29) is 38.3 Å². The Hall–Kier alpha value is -0.340. The molecule has 0 aliphatic heterocycles. The molecule has 0 rings (SSSR count). The molecule has 0 saturated heterocycles. The highest BCUT2D eigenvalue weighted by atomic mass is 31.3. The van der Waals surface area contributed by atoms with Crippen molar-refractivity contribution >= 4 is 43.0 Å². The summed E-state index contributed by atoms with van der Waals surface area (Å²) in [6.45, 7) is 0.858. The summed E-state index contributed by atoms with van der Waals surface area (Å²) in [5.41, 5.74) is 0. The van der Waals surface area contributed by atoms with Gasteiger partial charge in [-0.15, -0.1) is 0 Å². The topological polar surface area (TPSA) is 281 Å². The van der Waals surface area contributed by atoms with E-state index in [2.05, 4.69) is 17.7 Å². The zero-order valence-electron chi connectivity index (χ0n) is 16.7. The molecule has 0 bridgehead atoms. The van der Waals surface area contributed by atoms with Gasteiger partial charge in [-0.1, -0.05) is 0 Å². The number of carboxylic acid groups (broad SMARTS) is 1. The molecule has 0 amide bonds. The average Bonchev–Trinajstić information content (AvgIpc) is 2.49. The van der Waals surface area contributed by atoms with Gasteiger partial charge in [0.1, 0.15) is 5.78 Å². The van der Waals surface area contributed by atoms with Crippen LogP contribution in [0.15, 0.2) is 0 Å². The molecule has 2 atom stereocenters. The Morgan fingerprint density at radius 3 is 1.28 bits per heavy atom. The number of hydrogen-bond acceptors (Lipinski definition) is 10. The second-order valence-corrected chi connectivity index (χ2v) is 11.4. The number of phosphoric acid groups is 4. The standard InChI is InChI=1S/C6H14O8P2.C5H12O9P2/c1-6(7)4-2-3-5-13-16(11,12)14-15(8,9)10;6-5(7)3-1-2-4-13-16(11,12)14-15(8,9)10/h2-5H2,1H3,(H,11,12)(H2,8,9,10);1-4H2,(H,6,7)(H,11,12)(H2,8,9,10). The summed E-state index contributed by atoms with van der Waals surface area (Å²) in [5, 5.41) is 8.25. The number of ketones is 1. The zero-order valence-corrected chi connectivity index (χ0v) is 20.2. The van der Waals surface area contributed by atoms with Crippen LogP contribution in [-0.2, 0) is 45.5 Å². The molecule has 21 heteroatoms. The van der Waals surface area contributed by atoms with Crippen LogP contribution in [0.2, 0.25) is 0 Å². The molecule has 0 radical (unpaired) electrons. The van der Waals surface area contributed by atoms with Gasteiger partial charge in [-0.2, -0.15) is 8.62 Å². The maximum absolute atomic E-state index is 10.9. The number of Topliss-reactive ketones (excluding diaryl/α,β-unsaturated/α-hetero) is 1. The van der Waals surface area contributed by atoms with Crippen LogP contribution in [0.25, 0.3) is 0 Å². The molecule has 32 heavy (non-hydrogen) atoms. The van der Waals surface area contributed by atoms with Crippen molar-refractivity contribution in [1.29, 1.82) is 0 Å². The fraction of sp³-hybridized carbons (Fsp3) is 0.818. The number of carbonyl (C=O) groups excluding carboxylic acids is 1. The van der Waals surface area contributed by atoms with Crippen molar-refractivity contribution in [1.82, 2.24) is 0 Å². The molecule has 0 aliphatic carbocycles. The number of hydrogen-bond donors (Lipinski definition) is 7. The van der Waals surface area contributed by atoms with Crippen molar-refractivity contribution in [2.75, 3.05) is 13.2 Å². The molecule has 2 unspecified atom stereocenters. The molecular formula is C11H26O17P4. The summed E-state index contributed by atoms with van der Waals surface area (Å²) in [5.74, 6) is -1.03. The molecule has 0 aromatic carbocycles. The maximum Gasteiger partial charge on any atom is 0.481 e. The fourth-order valence-electron chi connectivity index (χ4n) is 1.53. The summed E-state index contributed by atoms with van der Waals surface area (Å²) in [7, 11) is -19.7. The molecule has 0 spiro atoms. The maximum atomic E-state index is 10.9. The van der Waals surface area contributed by atoms with Gasteiger partial charge in [-0.25, -0.2) is 18.3 Å². The lowest BCUT2D eigenvalue weighted by atomic mass is 10.2. The van der Waals surface area contributed by atoms with E-state index in [1.54, 1.807) is 0 Å². The van der Waals surface area contributed by atoms with Gasteiger partial charge >= 0.3 is 37.3 Å². The van der Waals surface area contributed by atoms with Gasteiger partial charge in [-0.3, -0.25) is 13.8 Å². The first-order valence-corrected chi connectivity index (χ1v) is 14.5. The van der Waals surface area contributed by atoms with E-state index < -0.39 is 37.3 Å². The quantitative estimate of drug-likeness (QED) is 0.105. The van der Waals surface area contributed by atoms with Crippen LogP contribution in [0.4, 0.5) is 0 Å². The molecule has 0 fully saturated rings. The van der Waals surface area contributed by atoms with E-state index in [1.807, 2.05) is 0 Å². The summed E-state index contributed by atoms with van der Waals surface area (Å²) in [6.07, 6.45) is 1.34. The van der Waals surface area contributed by atoms with Crippen molar-refractivity contribution < 1.29 is 80.0 Å². The number of carboxylic acids is 1. The number of rotatable bonds is 16. The Labute approximate surface area is 182 Å². The molecule has 17 nitrogen and oxygen atoms in total. The van der Waals surface area contributed by atoms with Crippen molar-refractivity contribution in [3.05, 3.63) is 0 Å². The van der Waals surface area contributed by atoms with Crippen LogP contribution in [-0.4, -0.2) is 59.4 Å². The Morgan fingerprint density at radius 2 is 1.00 bits per heavy atom. The van der Waals surface area contributed by atoms with E-state index >= 15 is 0 Å². The first-order chi connectivity index (χ1) is 14.2. The minimum Gasteiger partial charge on any atom is -0.481 e. The van der Waals surface area contributed by atoms with Gasteiger partial charge in [0.25, 0.3) is 0 Å².